The molecule has 1 aromatic carbocycles. The van der Waals surface area contributed by atoms with Gasteiger partial charge in [0.1, 0.15) is 24.5 Å². The molecule has 30 heavy (non-hydrogen) atoms. The standard InChI is InChI=1S/C19H18F4N6O/c20-12-3-1-11(2-4-12)13-5-6-14-16(27-13)17(24)29(10-19(21,22)23)18(25)28(14)9-15-26-7-8-30-15/h1-8,17-18H,9-10,24-25H2. The molecule has 4 N–H and O–H groups in total. The van der Waals surface area contributed by atoms with Crippen molar-refractivity contribution in [2.24, 2.45) is 11.5 Å². The van der Waals surface area contributed by atoms with Crippen LogP contribution in [0.3, 0.4) is 0 Å². The van der Waals surface area contributed by atoms with Crippen molar-refractivity contribution >= 4 is 5.69 Å². The number of pyridine rings is 1. The van der Waals surface area contributed by atoms with Gasteiger partial charge in [0.25, 0.3) is 0 Å². The number of benzene rings is 1. The van der Waals surface area contributed by atoms with Gasteiger partial charge in [0.15, 0.2) is 0 Å². The van der Waals surface area contributed by atoms with Crippen LogP contribution in [0.1, 0.15) is 17.8 Å². The Bertz CT molecular complexity index is 1010. The summed E-state index contributed by atoms with van der Waals surface area (Å²) in [5, 5.41) is 0. The molecule has 2 atom stereocenters. The summed E-state index contributed by atoms with van der Waals surface area (Å²) in [6.07, 6.45) is -4.10. The van der Waals surface area contributed by atoms with E-state index in [4.69, 9.17) is 15.9 Å². The number of halogens is 4. The van der Waals surface area contributed by atoms with Gasteiger partial charge in [-0.05, 0) is 36.4 Å². The molecule has 1 aliphatic rings. The van der Waals surface area contributed by atoms with Gasteiger partial charge in [-0.2, -0.15) is 13.2 Å². The van der Waals surface area contributed by atoms with Crippen LogP contribution in [0.4, 0.5) is 23.2 Å². The van der Waals surface area contributed by atoms with Gasteiger partial charge in [-0.3, -0.25) is 5.73 Å². The number of hydrogen-bond acceptors (Lipinski definition) is 7. The van der Waals surface area contributed by atoms with Gasteiger partial charge in [0, 0.05) is 5.56 Å². The first-order chi connectivity index (χ1) is 14.2. The minimum absolute atomic E-state index is 0.0276. The van der Waals surface area contributed by atoms with Crippen molar-refractivity contribution in [3.8, 4) is 11.3 Å². The van der Waals surface area contributed by atoms with Gasteiger partial charge in [0.05, 0.1) is 36.4 Å². The van der Waals surface area contributed by atoms with Crippen molar-refractivity contribution in [3.05, 3.63) is 66.3 Å². The smallest absolute Gasteiger partial charge is 0.401 e. The largest absolute Gasteiger partial charge is 0.447 e. The SMILES string of the molecule is NC1c2nc(-c3ccc(F)cc3)ccc2N(Cc2ncco2)C(N)N1CC(F)(F)F. The number of oxazole rings is 1. The fourth-order valence-electron chi connectivity index (χ4n) is 3.41. The predicted molar refractivity (Wildman–Crippen MR) is 100.0 cm³/mol. The van der Waals surface area contributed by atoms with Gasteiger partial charge in [-0.1, -0.05) is 0 Å². The zero-order valence-electron chi connectivity index (χ0n) is 15.6. The fourth-order valence-corrected chi connectivity index (χ4v) is 3.41. The van der Waals surface area contributed by atoms with Crippen LogP contribution in [0, 0.1) is 5.82 Å². The van der Waals surface area contributed by atoms with Crippen LogP contribution in [0.2, 0.25) is 0 Å². The van der Waals surface area contributed by atoms with Crippen molar-refractivity contribution in [2.75, 3.05) is 11.4 Å². The van der Waals surface area contributed by atoms with Crippen molar-refractivity contribution in [3.63, 3.8) is 0 Å². The zero-order valence-corrected chi connectivity index (χ0v) is 15.6. The van der Waals surface area contributed by atoms with Gasteiger partial charge in [-0.15, -0.1) is 0 Å². The molecule has 0 bridgehead atoms. The topological polar surface area (TPSA) is 97.4 Å². The molecule has 0 radical (unpaired) electrons. The summed E-state index contributed by atoms with van der Waals surface area (Å²) in [7, 11) is 0. The molecule has 1 aliphatic heterocycles. The van der Waals surface area contributed by atoms with Crippen LogP contribution >= 0.6 is 0 Å². The molecular formula is C19H18F4N6O. The average molecular weight is 422 g/mol. The van der Waals surface area contributed by atoms with E-state index in [0.29, 0.717) is 16.9 Å². The summed E-state index contributed by atoms with van der Waals surface area (Å²) in [5.74, 6) is -0.130. The average Bonchev–Trinajstić information content (AvgIpc) is 3.21. The Morgan fingerprint density at radius 1 is 1.07 bits per heavy atom. The van der Waals surface area contributed by atoms with E-state index in [-0.39, 0.29) is 18.1 Å². The molecule has 2 unspecified atom stereocenters. The Morgan fingerprint density at radius 2 is 1.80 bits per heavy atom. The highest BCUT2D eigenvalue weighted by Crippen LogP contribution is 2.37. The van der Waals surface area contributed by atoms with Crippen molar-refractivity contribution < 1.29 is 22.0 Å². The first-order valence-electron chi connectivity index (χ1n) is 8.98. The number of hydrogen-bond donors (Lipinski definition) is 2. The predicted octanol–water partition coefficient (Wildman–Crippen LogP) is 2.96. The second-order valence-corrected chi connectivity index (χ2v) is 6.81. The summed E-state index contributed by atoms with van der Waals surface area (Å²) in [5.41, 5.74) is 14.0. The summed E-state index contributed by atoms with van der Waals surface area (Å²) >= 11 is 0. The van der Waals surface area contributed by atoms with Gasteiger partial charge in [0.2, 0.25) is 5.89 Å². The van der Waals surface area contributed by atoms with E-state index in [2.05, 4.69) is 9.97 Å². The number of rotatable bonds is 4. The summed E-state index contributed by atoms with van der Waals surface area (Å²) in [4.78, 5) is 10.9. The molecular weight excluding hydrogens is 404 g/mol. The van der Waals surface area contributed by atoms with Crippen LogP contribution in [-0.2, 0) is 6.54 Å². The lowest BCUT2D eigenvalue weighted by atomic mass is 10.1. The molecule has 2 aromatic heterocycles. The number of anilines is 1. The molecule has 4 rings (SSSR count). The first kappa shape index (κ1) is 20.3. The third-order valence-electron chi connectivity index (χ3n) is 4.80. The molecule has 0 saturated heterocycles. The molecule has 3 heterocycles. The van der Waals surface area contributed by atoms with E-state index in [0.717, 1.165) is 4.90 Å². The van der Waals surface area contributed by atoms with Crippen molar-refractivity contribution in [1.82, 2.24) is 14.9 Å². The lowest BCUT2D eigenvalue weighted by molar-refractivity contribution is -0.158. The molecule has 11 heteroatoms. The van der Waals surface area contributed by atoms with Gasteiger partial charge >= 0.3 is 6.18 Å². The van der Waals surface area contributed by atoms with E-state index < -0.39 is 31.0 Å². The third-order valence-corrected chi connectivity index (χ3v) is 4.80. The Kier molecular flexibility index (Phi) is 5.18. The lowest BCUT2D eigenvalue weighted by Gasteiger charge is -2.46. The summed E-state index contributed by atoms with van der Waals surface area (Å²) in [6.45, 7) is -1.29. The zero-order chi connectivity index (χ0) is 21.5. The summed E-state index contributed by atoms with van der Waals surface area (Å²) in [6, 6.07) is 8.96. The monoisotopic (exact) mass is 422 g/mol. The molecule has 7 nitrogen and oxygen atoms in total. The molecule has 0 fully saturated rings. The number of alkyl halides is 3. The maximum Gasteiger partial charge on any atom is 0.401 e. The second kappa shape index (κ2) is 7.67. The van der Waals surface area contributed by atoms with E-state index in [1.54, 1.807) is 12.1 Å². The normalized spacial score (nSPS) is 19.7. The highest BCUT2D eigenvalue weighted by molar-refractivity contribution is 5.65. The molecule has 158 valence electrons. The molecule has 0 spiro atoms. The maximum absolute atomic E-state index is 13.2. The van der Waals surface area contributed by atoms with Gasteiger partial charge in [-0.25, -0.2) is 19.3 Å². The minimum Gasteiger partial charge on any atom is -0.447 e. The number of nitrogens with zero attached hydrogens (tertiary/aromatic N) is 4. The minimum atomic E-state index is -4.52. The summed E-state index contributed by atoms with van der Waals surface area (Å²) < 4.78 is 58.0. The Morgan fingerprint density at radius 3 is 2.43 bits per heavy atom. The van der Waals surface area contributed by atoms with Crippen LogP contribution in [0.15, 0.2) is 53.3 Å². The van der Waals surface area contributed by atoms with Gasteiger partial charge < -0.3 is 15.1 Å². The highest BCUT2D eigenvalue weighted by Gasteiger charge is 2.43. The molecule has 0 amide bonds. The van der Waals surface area contributed by atoms with Crippen molar-refractivity contribution in [1.29, 1.82) is 0 Å². The Labute approximate surface area is 168 Å². The highest BCUT2D eigenvalue weighted by atomic mass is 19.4. The Balaban J connectivity index is 1.77. The quantitative estimate of drug-likeness (QED) is 0.624. The maximum atomic E-state index is 13.2. The Hall–Kier alpha value is -3.02. The van der Waals surface area contributed by atoms with E-state index >= 15 is 0 Å². The van der Waals surface area contributed by atoms with Crippen molar-refractivity contribution in [2.45, 2.75) is 25.2 Å². The van der Waals surface area contributed by atoms with E-state index in [1.807, 2.05) is 0 Å². The number of aromatic nitrogens is 2. The third kappa shape index (κ3) is 3.99. The molecule has 3 aromatic rings. The van der Waals surface area contributed by atoms with Crippen LogP contribution in [-0.4, -0.2) is 33.9 Å². The van der Waals surface area contributed by atoms with Crippen LogP contribution in [0.5, 0.6) is 0 Å². The number of fused-ring (bicyclic) bond motifs is 1. The van der Waals surface area contributed by atoms with Crippen LogP contribution < -0.4 is 16.4 Å². The van der Waals surface area contributed by atoms with E-state index in [9.17, 15) is 17.6 Å². The van der Waals surface area contributed by atoms with Crippen LogP contribution in [0.25, 0.3) is 11.3 Å². The van der Waals surface area contributed by atoms with E-state index in [1.165, 1.54) is 41.6 Å². The molecule has 0 aliphatic carbocycles. The molecule has 0 saturated carbocycles. The second-order valence-electron chi connectivity index (χ2n) is 6.81. The lowest BCUT2D eigenvalue weighted by Crippen LogP contribution is -2.62. The first-order valence-corrected chi connectivity index (χ1v) is 8.98. The number of nitrogens with two attached hydrogens (primary N) is 2. The fraction of sp³-hybridized carbons (Fsp3) is 0.263.